The minimum absolute atomic E-state index is 0.0159. The molecule has 0 aromatic heterocycles. The number of unbranched alkanes of at least 4 members (excludes halogenated alkanes) is 1. The highest BCUT2D eigenvalue weighted by atomic mass is 35.5. The lowest BCUT2D eigenvalue weighted by molar-refractivity contribution is -0.139. The standard InChI is InChI=1S/C23H28Cl2FN3O4S/c1-4-5-13-27-23(31)16(2)28(14-17-9-11-18(26)12-10-17)21(30)15-29(34(3,32)33)20-8-6-7-19(24)22(20)25/h6-12,16H,4-5,13-15H2,1-3H3,(H,27,31)/t16-/m1/s1. The first-order valence-electron chi connectivity index (χ1n) is 10.7. The zero-order valence-electron chi connectivity index (χ0n) is 19.2. The van der Waals surface area contributed by atoms with Crippen molar-refractivity contribution in [3.63, 3.8) is 0 Å². The summed E-state index contributed by atoms with van der Waals surface area (Å²) in [5, 5.41) is 2.90. The van der Waals surface area contributed by atoms with Crippen LogP contribution in [0.5, 0.6) is 0 Å². The first-order valence-corrected chi connectivity index (χ1v) is 13.3. The fourth-order valence-corrected chi connectivity index (χ4v) is 4.49. The Kier molecular flexibility index (Phi) is 10.1. The number of halogens is 3. The second kappa shape index (κ2) is 12.4. The number of anilines is 1. The molecule has 2 aromatic carbocycles. The lowest BCUT2D eigenvalue weighted by atomic mass is 10.1. The van der Waals surface area contributed by atoms with E-state index in [-0.39, 0.29) is 28.2 Å². The molecule has 2 amide bonds. The Morgan fingerprint density at radius 3 is 2.35 bits per heavy atom. The molecule has 2 aromatic rings. The van der Waals surface area contributed by atoms with E-state index in [1.165, 1.54) is 47.4 Å². The second-order valence-corrected chi connectivity index (χ2v) is 10.5. The van der Waals surface area contributed by atoms with Gasteiger partial charge in [-0.1, -0.05) is 54.7 Å². The van der Waals surface area contributed by atoms with Crippen LogP contribution in [0.4, 0.5) is 10.1 Å². The van der Waals surface area contributed by atoms with Crippen molar-refractivity contribution in [2.75, 3.05) is 23.7 Å². The predicted octanol–water partition coefficient (Wildman–Crippen LogP) is 4.23. The van der Waals surface area contributed by atoms with Gasteiger partial charge in [0.25, 0.3) is 0 Å². The number of carbonyl (C=O) groups excluding carboxylic acids is 2. The van der Waals surface area contributed by atoms with E-state index >= 15 is 0 Å². The first-order chi connectivity index (χ1) is 16.0. The molecule has 0 aliphatic heterocycles. The van der Waals surface area contributed by atoms with Crippen molar-refractivity contribution in [2.45, 2.75) is 39.3 Å². The highest BCUT2D eigenvalue weighted by Gasteiger charge is 2.31. The van der Waals surface area contributed by atoms with E-state index in [2.05, 4.69) is 5.32 Å². The molecule has 0 radical (unpaired) electrons. The van der Waals surface area contributed by atoms with Gasteiger partial charge in [0.05, 0.1) is 22.0 Å². The molecule has 1 atom stereocenters. The average Bonchev–Trinajstić information content (AvgIpc) is 2.78. The maximum Gasteiger partial charge on any atom is 0.244 e. The van der Waals surface area contributed by atoms with Gasteiger partial charge in [0.2, 0.25) is 21.8 Å². The van der Waals surface area contributed by atoms with Gasteiger partial charge in [0.15, 0.2) is 0 Å². The summed E-state index contributed by atoms with van der Waals surface area (Å²) in [6, 6.07) is 9.04. The fourth-order valence-electron chi connectivity index (χ4n) is 3.18. The average molecular weight is 532 g/mol. The van der Waals surface area contributed by atoms with Gasteiger partial charge in [-0.15, -0.1) is 0 Å². The van der Waals surface area contributed by atoms with Gasteiger partial charge >= 0.3 is 0 Å². The molecule has 0 fully saturated rings. The van der Waals surface area contributed by atoms with Gasteiger partial charge in [-0.25, -0.2) is 12.8 Å². The molecular weight excluding hydrogens is 504 g/mol. The van der Waals surface area contributed by atoms with Crippen LogP contribution in [-0.4, -0.2) is 50.5 Å². The first kappa shape index (κ1) is 27.9. The molecule has 0 aliphatic carbocycles. The van der Waals surface area contributed by atoms with Gasteiger partial charge in [-0.3, -0.25) is 13.9 Å². The van der Waals surface area contributed by atoms with E-state index in [4.69, 9.17) is 23.2 Å². The summed E-state index contributed by atoms with van der Waals surface area (Å²) in [6.07, 6.45) is 2.61. The fraction of sp³-hybridized carbons (Fsp3) is 0.391. The van der Waals surface area contributed by atoms with E-state index in [9.17, 15) is 22.4 Å². The van der Waals surface area contributed by atoms with Gasteiger partial charge in [0.1, 0.15) is 18.4 Å². The number of hydrogen-bond acceptors (Lipinski definition) is 4. The van der Waals surface area contributed by atoms with Crippen molar-refractivity contribution in [3.8, 4) is 0 Å². The third-order valence-corrected chi connectivity index (χ3v) is 7.08. The smallest absolute Gasteiger partial charge is 0.244 e. The molecule has 0 bridgehead atoms. The van der Waals surface area contributed by atoms with Gasteiger partial charge in [-0.2, -0.15) is 0 Å². The number of nitrogens with zero attached hydrogens (tertiary/aromatic N) is 2. The molecule has 34 heavy (non-hydrogen) atoms. The molecular formula is C23H28Cl2FN3O4S. The molecule has 0 unspecified atom stereocenters. The number of benzene rings is 2. The minimum atomic E-state index is -3.94. The minimum Gasteiger partial charge on any atom is -0.354 e. The van der Waals surface area contributed by atoms with E-state index in [1.54, 1.807) is 6.92 Å². The molecule has 186 valence electrons. The summed E-state index contributed by atoms with van der Waals surface area (Å²) >= 11 is 12.3. The van der Waals surface area contributed by atoms with Crippen molar-refractivity contribution in [1.82, 2.24) is 10.2 Å². The van der Waals surface area contributed by atoms with Gasteiger partial charge in [-0.05, 0) is 43.2 Å². The van der Waals surface area contributed by atoms with Crippen molar-refractivity contribution < 1.29 is 22.4 Å². The highest BCUT2D eigenvalue weighted by Crippen LogP contribution is 2.33. The number of amides is 2. The number of sulfonamides is 1. The van der Waals surface area contributed by atoms with Crippen molar-refractivity contribution >= 4 is 50.7 Å². The number of rotatable bonds is 11. The SMILES string of the molecule is CCCCNC(=O)[C@@H](C)N(Cc1ccc(F)cc1)C(=O)CN(c1cccc(Cl)c1Cl)S(C)(=O)=O. The topological polar surface area (TPSA) is 86.8 Å². The van der Waals surface area contributed by atoms with Crippen molar-refractivity contribution in [3.05, 3.63) is 63.9 Å². The molecule has 2 rings (SSSR count). The maximum absolute atomic E-state index is 13.4. The third-order valence-electron chi connectivity index (χ3n) is 5.14. The maximum atomic E-state index is 13.4. The van der Waals surface area contributed by atoms with Crippen LogP contribution in [0, 0.1) is 5.82 Å². The predicted molar refractivity (Wildman–Crippen MR) is 133 cm³/mol. The van der Waals surface area contributed by atoms with Crippen LogP contribution >= 0.6 is 23.2 Å². The number of nitrogens with one attached hydrogen (secondary N) is 1. The Labute approximate surface area is 209 Å². The van der Waals surface area contributed by atoms with E-state index in [1.807, 2.05) is 6.92 Å². The zero-order chi connectivity index (χ0) is 25.5. The monoisotopic (exact) mass is 531 g/mol. The van der Waals surface area contributed by atoms with Crippen molar-refractivity contribution in [2.24, 2.45) is 0 Å². The normalized spacial score (nSPS) is 12.2. The van der Waals surface area contributed by atoms with E-state index in [0.29, 0.717) is 12.1 Å². The molecule has 7 nitrogen and oxygen atoms in total. The van der Waals surface area contributed by atoms with Crippen LogP contribution in [0.25, 0.3) is 0 Å². The Morgan fingerprint density at radius 2 is 1.76 bits per heavy atom. The Morgan fingerprint density at radius 1 is 1.12 bits per heavy atom. The largest absolute Gasteiger partial charge is 0.354 e. The van der Waals surface area contributed by atoms with Crippen LogP contribution in [-0.2, 0) is 26.2 Å². The van der Waals surface area contributed by atoms with Gasteiger partial charge < -0.3 is 10.2 Å². The Balaban J connectivity index is 2.38. The quantitative estimate of drug-likeness (QED) is 0.439. The lowest BCUT2D eigenvalue weighted by Gasteiger charge is -2.31. The third kappa shape index (κ3) is 7.58. The van der Waals surface area contributed by atoms with E-state index < -0.39 is 34.3 Å². The number of hydrogen-bond donors (Lipinski definition) is 1. The van der Waals surface area contributed by atoms with Crippen LogP contribution < -0.4 is 9.62 Å². The second-order valence-electron chi connectivity index (χ2n) is 7.81. The van der Waals surface area contributed by atoms with Crippen LogP contribution in [0.3, 0.4) is 0 Å². The summed E-state index contributed by atoms with van der Waals surface area (Å²) in [7, 11) is -3.94. The van der Waals surface area contributed by atoms with Crippen molar-refractivity contribution in [1.29, 1.82) is 0 Å². The molecule has 1 N–H and O–H groups in total. The van der Waals surface area contributed by atoms with Crippen LogP contribution in [0.2, 0.25) is 10.0 Å². The summed E-state index contributed by atoms with van der Waals surface area (Å²) in [6.45, 7) is 3.36. The molecule has 0 aliphatic rings. The summed E-state index contributed by atoms with van der Waals surface area (Å²) < 4.78 is 39.3. The number of carbonyl (C=O) groups is 2. The van der Waals surface area contributed by atoms with Crippen LogP contribution in [0.1, 0.15) is 32.3 Å². The molecule has 0 saturated heterocycles. The Bertz CT molecular complexity index is 1110. The zero-order valence-corrected chi connectivity index (χ0v) is 21.6. The summed E-state index contributed by atoms with van der Waals surface area (Å²) in [5.41, 5.74) is 0.626. The summed E-state index contributed by atoms with van der Waals surface area (Å²) in [5.74, 6) is -1.45. The van der Waals surface area contributed by atoms with Gasteiger partial charge in [0, 0.05) is 13.1 Å². The molecule has 0 saturated carbocycles. The van der Waals surface area contributed by atoms with Crippen LogP contribution in [0.15, 0.2) is 42.5 Å². The Hall–Kier alpha value is -2.36. The lowest BCUT2D eigenvalue weighted by Crippen LogP contribution is -2.51. The molecule has 0 heterocycles. The molecule has 11 heteroatoms. The van der Waals surface area contributed by atoms with E-state index in [0.717, 1.165) is 23.4 Å². The summed E-state index contributed by atoms with van der Waals surface area (Å²) in [4.78, 5) is 27.4. The molecule has 0 spiro atoms. The highest BCUT2D eigenvalue weighted by molar-refractivity contribution is 7.92.